The van der Waals surface area contributed by atoms with E-state index in [0.29, 0.717) is 18.4 Å². The third kappa shape index (κ3) is 4.99. The molecule has 0 saturated heterocycles. The highest BCUT2D eigenvalue weighted by Gasteiger charge is 2.37. The van der Waals surface area contributed by atoms with Crippen molar-refractivity contribution >= 4 is 0 Å². The Kier molecular flexibility index (Phi) is 4.78. The number of nitrogens with two attached hydrogens (primary N) is 1. The molecule has 0 fully saturated rings. The van der Waals surface area contributed by atoms with Gasteiger partial charge in [-0.2, -0.15) is 13.2 Å². The lowest BCUT2D eigenvalue weighted by atomic mass is 9.83. The van der Waals surface area contributed by atoms with Crippen LogP contribution in [0.1, 0.15) is 57.7 Å². The molecule has 2 N–H and O–H groups in total. The van der Waals surface area contributed by atoms with Gasteiger partial charge >= 0.3 is 6.18 Å². The summed E-state index contributed by atoms with van der Waals surface area (Å²) in [6, 6.07) is 2.42. The maximum Gasteiger partial charge on any atom is 0.419 e. The first kappa shape index (κ1) is 18.0. The molecule has 1 nitrogen and oxygen atoms in total. The Morgan fingerprint density at radius 2 is 1.43 bits per heavy atom. The van der Waals surface area contributed by atoms with Gasteiger partial charge < -0.3 is 5.73 Å². The molecule has 0 unspecified atom stereocenters. The molecular weight excluding hydrogens is 282 g/mol. The summed E-state index contributed by atoms with van der Waals surface area (Å²) in [5, 5.41) is 0. The van der Waals surface area contributed by atoms with Crippen LogP contribution in [0.4, 0.5) is 17.6 Å². The molecule has 0 aliphatic carbocycles. The van der Waals surface area contributed by atoms with Crippen LogP contribution in [0.2, 0.25) is 0 Å². The second kappa shape index (κ2) is 5.59. The molecule has 0 radical (unpaired) electrons. The third-order valence-electron chi connectivity index (χ3n) is 3.30. The van der Waals surface area contributed by atoms with Crippen molar-refractivity contribution in [2.75, 3.05) is 0 Å². The van der Waals surface area contributed by atoms with Gasteiger partial charge in [-0.3, -0.25) is 0 Å². The zero-order valence-electron chi connectivity index (χ0n) is 13.2. The average Bonchev–Trinajstić information content (AvgIpc) is 2.23. The number of hydrogen-bond donors (Lipinski definition) is 1. The lowest BCUT2D eigenvalue weighted by molar-refractivity contribution is -0.140. The molecule has 0 spiro atoms. The standard InChI is InChI=1S/C16H23F4N/c1-14(2,3)11-8-10(6-7-15(4,5)21)9-12(13(11)17)16(18,19)20/h8-9H,6-7,21H2,1-5H3. The van der Waals surface area contributed by atoms with E-state index in [1.165, 1.54) is 6.07 Å². The zero-order valence-corrected chi connectivity index (χ0v) is 13.2. The van der Waals surface area contributed by atoms with Crippen LogP contribution in [0, 0.1) is 5.82 Å². The molecule has 1 aromatic rings. The summed E-state index contributed by atoms with van der Waals surface area (Å²) < 4.78 is 53.2. The predicted molar refractivity (Wildman–Crippen MR) is 76.7 cm³/mol. The molecule has 21 heavy (non-hydrogen) atoms. The quantitative estimate of drug-likeness (QED) is 0.797. The van der Waals surface area contributed by atoms with Crippen LogP contribution < -0.4 is 5.73 Å². The van der Waals surface area contributed by atoms with E-state index in [2.05, 4.69) is 0 Å². The van der Waals surface area contributed by atoms with Gasteiger partial charge in [-0.05, 0) is 49.3 Å². The molecule has 0 amide bonds. The SMILES string of the molecule is CC(C)(N)CCc1cc(C(C)(C)C)c(F)c(C(F)(F)F)c1. The number of alkyl halides is 3. The summed E-state index contributed by atoms with van der Waals surface area (Å²) in [5.74, 6) is -1.18. The molecule has 0 aromatic heterocycles. The lowest BCUT2D eigenvalue weighted by Gasteiger charge is -2.24. The van der Waals surface area contributed by atoms with E-state index in [1.54, 1.807) is 20.8 Å². The van der Waals surface area contributed by atoms with E-state index in [9.17, 15) is 17.6 Å². The minimum atomic E-state index is -4.70. The Balaban J connectivity index is 3.34. The van der Waals surface area contributed by atoms with E-state index in [-0.39, 0.29) is 5.56 Å². The van der Waals surface area contributed by atoms with E-state index in [1.807, 2.05) is 13.8 Å². The summed E-state index contributed by atoms with van der Waals surface area (Å²) >= 11 is 0. The third-order valence-corrected chi connectivity index (χ3v) is 3.30. The monoisotopic (exact) mass is 305 g/mol. The number of rotatable bonds is 3. The van der Waals surface area contributed by atoms with Gasteiger partial charge in [-0.1, -0.05) is 26.8 Å². The van der Waals surface area contributed by atoms with Crippen molar-refractivity contribution in [3.05, 3.63) is 34.6 Å². The Labute approximate surface area is 123 Å². The van der Waals surface area contributed by atoms with Crippen LogP contribution in [0.5, 0.6) is 0 Å². The van der Waals surface area contributed by atoms with E-state index < -0.39 is 28.5 Å². The Morgan fingerprint density at radius 3 is 1.81 bits per heavy atom. The summed E-state index contributed by atoms with van der Waals surface area (Å²) in [6.07, 6.45) is -3.78. The number of aryl methyl sites for hydroxylation is 1. The molecule has 0 atom stereocenters. The van der Waals surface area contributed by atoms with Gasteiger partial charge in [0.25, 0.3) is 0 Å². The Morgan fingerprint density at radius 1 is 0.952 bits per heavy atom. The summed E-state index contributed by atoms with van der Waals surface area (Å²) in [4.78, 5) is 0. The van der Waals surface area contributed by atoms with Crippen LogP contribution in [0.3, 0.4) is 0 Å². The van der Waals surface area contributed by atoms with Crippen molar-refractivity contribution in [3.8, 4) is 0 Å². The first-order chi connectivity index (χ1) is 9.22. The average molecular weight is 305 g/mol. The van der Waals surface area contributed by atoms with Crippen molar-refractivity contribution in [2.45, 2.75) is 64.6 Å². The van der Waals surface area contributed by atoms with Crippen molar-refractivity contribution in [1.82, 2.24) is 0 Å². The van der Waals surface area contributed by atoms with Crippen molar-refractivity contribution in [2.24, 2.45) is 5.73 Å². The minimum Gasteiger partial charge on any atom is -0.326 e. The van der Waals surface area contributed by atoms with Gasteiger partial charge in [0.05, 0.1) is 5.56 Å². The smallest absolute Gasteiger partial charge is 0.326 e. The molecule has 1 aromatic carbocycles. The molecule has 0 aliphatic rings. The van der Waals surface area contributed by atoms with E-state index >= 15 is 0 Å². The highest BCUT2D eigenvalue weighted by atomic mass is 19.4. The molecule has 1 rings (SSSR count). The fraction of sp³-hybridized carbons (Fsp3) is 0.625. The van der Waals surface area contributed by atoms with Gasteiger partial charge in [-0.25, -0.2) is 4.39 Å². The lowest BCUT2D eigenvalue weighted by Crippen LogP contribution is -2.32. The molecular formula is C16H23F4N. The van der Waals surface area contributed by atoms with Crippen molar-refractivity contribution in [1.29, 1.82) is 0 Å². The normalized spacial score (nSPS) is 13.6. The maximum atomic E-state index is 14.2. The minimum absolute atomic E-state index is 0.0853. The molecule has 0 saturated carbocycles. The Hall–Kier alpha value is -1.10. The highest BCUT2D eigenvalue weighted by molar-refractivity contribution is 5.37. The molecule has 0 aliphatic heterocycles. The van der Waals surface area contributed by atoms with Gasteiger partial charge in [0, 0.05) is 5.54 Å². The number of halogens is 4. The summed E-state index contributed by atoms with van der Waals surface area (Å²) in [5.41, 5.74) is 4.05. The number of benzene rings is 1. The number of hydrogen-bond acceptors (Lipinski definition) is 1. The molecule has 120 valence electrons. The summed E-state index contributed by atoms with van der Waals surface area (Å²) in [6.45, 7) is 8.71. The van der Waals surface area contributed by atoms with Gasteiger partial charge in [0.2, 0.25) is 0 Å². The van der Waals surface area contributed by atoms with Gasteiger partial charge in [-0.15, -0.1) is 0 Å². The predicted octanol–water partition coefficient (Wildman–Crippen LogP) is 4.81. The second-order valence-corrected chi connectivity index (χ2v) is 7.24. The van der Waals surface area contributed by atoms with Crippen molar-refractivity contribution in [3.63, 3.8) is 0 Å². The van der Waals surface area contributed by atoms with Crippen LogP contribution in [-0.4, -0.2) is 5.54 Å². The van der Waals surface area contributed by atoms with Crippen LogP contribution in [0.15, 0.2) is 12.1 Å². The first-order valence-electron chi connectivity index (χ1n) is 6.91. The topological polar surface area (TPSA) is 26.0 Å². The van der Waals surface area contributed by atoms with E-state index in [0.717, 1.165) is 6.07 Å². The largest absolute Gasteiger partial charge is 0.419 e. The molecule has 0 bridgehead atoms. The van der Waals surface area contributed by atoms with Crippen LogP contribution in [0.25, 0.3) is 0 Å². The molecule has 5 heteroatoms. The van der Waals surface area contributed by atoms with Gasteiger partial charge in [0.15, 0.2) is 0 Å². The molecule has 0 heterocycles. The highest BCUT2D eigenvalue weighted by Crippen LogP contribution is 2.37. The fourth-order valence-electron chi connectivity index (χ4n) is 2.05. The maximum absolute atomic E-state index is 14.2. The van der Waals surface area contributed by atoms with Gasteiger partial charge in [0.1, 0.15) is 5.82 Å². The fourth-order valence-corrected chi connectivity index (χ4v) is 2.05. The summed E-state index contributed by atoms with van der Waals surface area (Å²) in [7, 11) is 0. The Bertz CT molecular complexity index is 469. The van der Waals surface area contributed by atoms with Crippen LogP contribution in [-0.2, 0) is 18.0 Å². The zero-order chi connectivity index (χ0) is 16.6. The van der Waals surface area contributed by atoms with Crippen LogP contribution >= 0.6 is 0 Å². The van der Waals surface area contributed by atoms with Crippen molar-refractivity contribution < 1.29 is 17.6 Å². The first-order valence-corrected chi connectivity index (χ1v) is 6.91. The second-order valence-electron chi connectivity index (χ2n) is 7.24. The van der Waals surface area contributed by atoms with E-state index in [4.69, 9.17) is 5.73 Å².